The van der Waals surface area contributed by atoms with Crippen molar-refractivity contribution in [2.45, 2.75) is 6.42 Å². The summed E-state index contributed by atoms with van der Waals surface area (Å²) in [6.45, 7) is 1.80. The van der Waals surface area contributed by atoms with Crippen molar-refractivity contribution in [3.8, 4) is 5.75 Å². The van der Waals surface area contributed by atoms with Gasteiger partial charge in [-0.25, -0.2) is 0 Å². The minimum absolute atomic E-state index is 0.0776. The van der Waals surface area contributed by atoms with Crippen molar-refractivity contribution in [3.05, 3.63) is 60.2 Å². The molecule has 122 valence electrons. The molecule has 3 N–H and O–H groups in total. The molecule has 1 amide bonds. The molecule has 0 aliphatic rings. The largest absolute Gasteiger partial charge is 0.492 e. The molecule has 0 saturated heterocycles. The van der Waals surface area contributed by atoms with Crippen molar-refractivity contribution < 1.29 is 14.6 Å². The van der Waals surface area contributed by atoms with Gasteiger partial charge in [0.15, 0.2) is 0 Å². The van der Waals surface area contributed by atoms with Crippen molar-refractivity contribution in [2.75, 3.05) is 31.6 Å². The zero-order valence-corrected chi connectivity index (χ0v) is 13.0. The van der Waals surface area contributed by atoms with E-state index < -0.39 is 0 Å². The minimum atomic E-state index is -0.127. The first-order valence-corrected chi connectivity index (χ1v) is 7.70. The van der Waals surface area contributed by atoms with Crippen molar-refractivity contribution >= 4 is 11.6 Å². The molecule has 2 rings (SSSR count). The number of para-hydroxylation sites is 1. The van der Waals surface area contributed by atoms with E-state index in [0.717, 1.165) is 11.4 Å². The monoisotopic (exact) mass is 314 g/mol. The van der Waals surface area contributed by atoms with Crippen molar-refractivity contribution in [1.29, 1.82) is 0 Å². The Morgan fingerprint density at radius 3 is 2.43 bits per heavy atom. The molecule has 2 aromatic carbocycles. The molecule has 0 unspecified atom stereocenters. The van der Waals surface area contributed by atoms with Gasteiger partial charge in [-0.1, -0.05) is 18.2 Å². The number of carbonyl (C=O) groups excluding carboxylic acids is 1. The highest BCUT2D eigenvalue weighted by Crippen LogP contribution is 2.10. The SMILES string of the molecule is O=C(NCCCO)c1ccc(NCCOc2ccccc2)cc1. The molecule has 0 spiro atoms. The van der Waals surface area contributed by atoms with Crippen LogP contribution in [-0.2, 0) is 0 Å². The second kappa shape index (κ2) is 9.48. The van der Waals surface area contributed by atoms with Gasteiger partial charge < -0.3 is 20.5 Å². The zero-order valence-electron chi connectivity index (χ0n) is 13.0. The average molecular weight is 314 g/mol. The Balaban J connectivity index is 1.71. The summed E-state index contributed by atoms with van der Waals surface area (Å²) in [6.07, 6.45) is 0.562. The van der Waals surface area contributed by atoms with Gasteiger partial charge in [0.05, 0.1) is 0 Å². The summed E-state index contributed by atoms with van der Waals surface area (Å²) < 4.78 is 5.60. The fourth-order valence-corrected chi connectivity index (χ4v) is 2.00. The maximum absolute atomic E-state index is 11.8. The first kappa shape index (κ1) is 16.8. The van der Waals surface area contributed by atoms with Gasteiger partial charge in [0.2, 0.25) is 0 Å². The van der Waals surface area contributed by atoms with Gasteiger partial charge in [0.1, 0.15) is 12.4 Å². The predicted molar refractivity (Wildman–Crippen MR) is 90.9 cm³/mol. The van der Waals surface area contributed by atoms with E-state index in [0.29, 0.717) is 31.7 Å². The second-order valence-electron chi connectivity index (χ2n) is 5.00. The lowest BCUT2D eigenvalue weighted by Crippen LogP contribution is -2.24. The summed E-state index contributed by atoms with van der Waals surface area (Å²) in [4.78, 5) is 11.8. The molecular weight excluding hydrogens is 292 g/mol. The first-order chi connectivity index (χ1) is 11.3. The van der Waals surface area contributed by atoms with Crippen LogP contribution < -0.4 is 15.4 Å². The number of hydrogen-bond acceptors (Lipinski definition) is 4. The number of hydrogen-bond donors (Lipinski definition) is 3. The maximum Gasteiger partial charge on any atom is 0.251 e. The lowest BCUT2D eigenvalue weighted by Gasteiger charge is -2.09. The Hall–Kier alpha value is -2.53. The Labute approximate surface area is 136 Å². The lowest BCUT2D eigenvalue weighted by atomic mass is 10.2. The van der Waals surface area contributed by atoms with E-state index in [1.54, 1.807) is 12.1 Å². The smallest absolute Gasteiger partial charge is 0.251 e. The Bertz CT molecular complexity index is 585. The molecular formula is C18H22N2O3. The van der Waals surface area contributed by atoms with Crippen LogP contribution in [0.5, 0.6) is 5.75 Å². The summed E-state index contributed by atoms with van der Waals surface area (Å²) in [6, 6.07) is 16.9. The highest BCUT2D eigenvalue weighted by atomic mass is 16.5. The highest BCUT2D eigenvalue weighted by molar-refractivity contribution is 5.94. The van der Waals surface area contributed by atoms with Crippen LogP contribution >= 0.6 is 0 Å². The first-order valence-electron chi connectivity index (χ1n) is 7.70. The van der Waals surface area contributed by atoms with Gasteiger partial charge in [-0.2, -0.15) is 0 Å². The lowest BCUT2D eigenvalue weighted by molar-refractivity contribution is 0.0951. The Morgan fingerprint density at radius 1 is 1.00 bits per heavy atom. The number of benzene rings is 2. The van der Waals surface area contributed by atoms with Crippen molar-refractivity contribution in [3.63, 3.8) is 0 Å². The molecule has 0 saturated carbocycles. The molecule has 0 aromatic heterocycles. The fourth-order valence-electron chi connectivity index (χ4n) is 2.00. The third kappa shape index (κ3) is 6.00. The molecule has 0 radical (unpaired) electrons. The Kier molecular flexibility index (Phi) is 6.94. The summed E-state index contributed by atoms with van der Waals surface area (Å²) >= 11 is 0. The number of aliphatic hydroxyl groups is 1. The molecule has 0 heterocycles. The van der Waals surface area contributed by atoms with Gasteiger partial charge in [0, 0.05) is 30.9 Å². The van der Waals surface area contributed by atoms with Crippen LogP contribution in [0.1, 0.15) is 16.8 Å². The van der Waals surface area contributed by atoms with Crippen LogP contribution in [-0.4, -0.2) is 37.3 Å². The zero-order chi connectivity index (χ0) is 16.3. The van der Waals surface area contributed by atoms with E-state index in [-0.39, 0.29) is 12.5 Å². The summed E-state index contributed by atoms with van der Waals surface area (Å²) in [5.41, 5.74) is 1.54. The van der Waals surface area contributed by atoms with E-state index in [4.69, 9.17) is 9.84 Å². The standard InChI is InChI=1S/C18H22N2O3/c21-13-4-11-20-18(22)15-7-9-16(10-8-15)19-12-14-23-17-5-2-1-3-6-17/h1-3,5-10,19,21H,4,11-14H2,(H,20,22). The summed E-state index contributed by atoms with van der Waals surface area (Å²) in [7, 11) is 0. The van der Waals surface area contributed by atoms with Crippen molar-refractivity contribution in [2.24, 2.45) is 0 Å². The molecule has 0 aliphatic carbocycles. The number of amides is 1. The maximum atomic E-state index is 11.8. The molecule has 0 atom stereocenters. The summed E-state index contributed by atoms with van der Waals surface area (Å²) in [5.74, 6) is 0.724. The van der Waals surface area contributed by atoms with Crippen LogP contribution in [0.25, 0.3) is 0 Å². The number of nitrogens with one attached hydrogen (secondary N) is 2. The van der Waals surface area contributed by atoms with E-state index >= 15 is 0 Å². The van der Waals surface area contributed by atoms with Gasteiger partial charge in [-0.3, -0.25) is 4.79 Å². The average Bonchev–Trinajstić information content (AvgIpc) is 2.60. The molecule has 23 heavy (non-hydrogen) atoms. The third-order valence-corrected chi connectivity index (χ3v) is 3.21. The predicted octanol–water partition coefficient (Wildman–Crippen LogP) is 2.29. The van der Waals surface area contributed by atoms with Crippen LogP contribution in [0.15, 0.2) is 54.6 Å². The number of rotatable bonds is 9. The van der Waals surface area contributed by atoms with Crippen LogP contribution in [0.2, 0.25) is 0 Å². The van der Waals surface area contributed by atoms with Gasteiger partial charge in [-0.15, -0.1) is 0 Å². The van der Waals surface area contributed by atoms with Crippen LogP contribution in [0, 0.1) is 0 Å². The van der Waals surface area contributed by atoms with Crippen molar-refractivity contribution in [1.82, 2.24) is 5.32 Å². The fraction of sp³-hybridized carbons (Fsp3) is 0.278. The van der Waals surface area contributed by atoms with Gasteiger partial charge in [-0.05, 0) is 42.8 Å². The number of ether oxygens (including phenoxy) is 1. The van der Waals surface area contributed by atoms with Gasteiger partial charge in [0.25, 0.3) is 5.91 Å². The molecule has 5 nitrogen and oxygen atoms in total. The quantitative estimate of drug-likeness (QED) is 0.621. The minimum Gasteiger partial charge on any atom is -0.492 e. The molecule has 0 aliphatic heterocycles. The molecule has 2 aromatic rings. The van der Waals surface area contributed by atoms with E-state index in [9.17, 15) is 4.79 Å². The third-order valence-electron chi connectivity index (χ3n) is 3.21. The van der Waals surface area contributed by atoms with E-state index in [2.05, 4.69) is 10.6 Å². The van der Waals surface area contributed by atoms with Crippen LogP contribution in [0.4, 0.5) is 5.69 Å². The molecule has 0 bridgehead atoms. The van der Waals surface area contributed by atoms with E-state index in [1.165, 1.54) is 0 Å². The Morgan fingerprint density at radius 2 is 1.74 bits per heavy atom. The van der Waals surface area contributed by atoms with Crippen LogP contribution in [0.3, 0.4) is 0 Å². The van der Waals surface area contributed by atoms with Gasteiger partial charge >= 0.3 is 0 Å². The topological polar surface area (TPSA) is 70.6 Å². The molecule has 5 heteroatoms. The molecule has 0 fully saturated rings. The number of anilines is 1. The number of aliphatic hydroxyl groups excluding tert-OH is 1. The summed E-state index contributed by atoms with van der Waals surface area (Å²) in [5, 5.41) is 14.7. The number of carbonyl (C=O) groups is 1. The van der Waals surface area contributed by atoms with E-state index in [1.807, 2.05) is 42.5 Å². The highest BCUT2D eigenvalue weighted by Gasteiger charge is 2.04. The second-order valence-corrected chi connectivity index (χ2v) is 5.00. The normalized spacial score (nSPS) is 10.1.